The summed E-state index contributed by atoms with van der Waals surface area (Å²) in [6, 6.07) is 13.6. The SMILES string of the molecule is CC(C)COc1ccc(-c2nc(C(=O)NCCc3ccccn3)cs2)cc1. The molecule has 0 aliphatic heterocycles. The van der Waals surface area contributed by atoms with E-state index in [1.807, 2.05) is 42.5 Å². The summed E-state index contributed by atoms with van der Waals surface area (Å²) in [6.45, 7) is 5.46. The first-order valence-corrected chi connectivity index (χ1v) is 9.86. The molecule has 3 rings (SSSR count). The maximum Gasteiger partial charge on any atom is 0.270 e. The lowest BCUT2D eigenvalue weighted by molar-refractivity contribution is 0.0950. The van der Waals surface area contributed by atoms with Gasteiger partial charge in [-0.25, -0.2) is 4.98 Å². The molecule has 0 radical (unpaired) electrons. The number of nitrogens with zero attached hydrogens (tertiary/aromatic N) is 2. The average molecular weight is 382 g/mol. The van der Waals surface area contributed by atoms with Crippen molar-refractivity contribution in [3.8, 4) is 16.3 Å². The van der Waals surface area contributed by atoms with Crippen LogP contribution in [0.25, 0.3) is 10.6 Å². The van der Waals surface area contributed by atoms with Crippen LogP contribution in [-0.4, -0.2) is 29.0 Å². The van der Waals surface area contributed by atoms with Crippen molar-refractivity contribution in [3.63, 3.8) is 0 Å². The summed E-state index contributed by atoms with van der Waals surface area (Å²) in [4.78, 5) is 21.0. The third-order valence-corrected chi connectivity index (χ3v) is 4.71. The summed E-state index contributed by atoms with van der Waals surface area (Å²) < 4.78 is 5.70. The fourth-order valence-corrected chi connectivity index (χ4v) is 3.21. The van der Waals surface area contributed by atoms with Crippen LogP contribution >= 0.6 is 11.3 Å². The molecule has 5 nitrogen and oxygen atoms in total. The van der Waals surface area contributed by atoms with Gasteiger partial charge in [0.1, 0.15) is 16.5 Å². The Balaban J connectivity index is 1.55. The standard InChI is InChI=1S/C21H23N3O2S/c1-15(2)13-26-18-8-6-16(7-9-18)21-24-19(14-27-21)20(25)23-12-10-17-5-3-4-11-22-17/h3-9,11,14-15H,10,12-13H2,1-2H3,(H,23,25). The number of carbonyl (C=O) groups excluding carboxylic acids is 1. The van der Waals surface area contributed by atoms with E-state index in [4.69, 9.17) is 4.74 Å². The normalized spacial score (nSPS) is 10.8. The molecule has 1 aromatic carbocycles. The highest BCUT2D eigenvalue weighted by molar-refractivity contribution is 7.13. The topological polar surface area (TPSA) is 64.1 Å². The molecule has 2 heterocycles. The Morgan fingerprint density at radius 1 is 1.19 bits per heavy atom. The van der Waals surface area contributed by atoms with Gasteiger partial charge >= 0.3 is 0 Å². The van der Waals surface area contributed by atoms with Crippen molar-refractivity contribution >= 4 is 17.2 Å². The zero-order chi connectivity index (χ0) is 19.1. The number of carbonyl (C=O) groups is 1. The Kier molecular flexibility index (Phi) is 6.54. The second-order valence-corrected chi connectivity index (χ2v) is 7.45. The minimum atomic E-state index is -0.162. The average Bonchev–Trinajstić information content (AvgIpc) is 3.18. The minimum Gasteiger partial charge on any atom is -0.493 e. The van der Waals surface area contributed by atoms with Crippen molar-refractivity contribution in [1.29, 1.82) is 0 Å². The highest BCUT2D eigenvalue weighted by Gasteiger charge is 2.12. The molecule has 0 saturated heterocycles. The number of aromatic nitrogens is 2. The number of amides is 1. The molecule has 140 valence electrons. The van der Waals surface area contributed by atoms with Gasteiger partial charge in [0.05, 0.1) is 6.61 Å². The Morgan fingerprint density at radius 2 is 2.00 bits per heavy atom. The van der Waals surface area contributed by atoms with Crippen molar-refractivity contribution in [2.24, 2.45) is 5.92 Å². The quantitative estimate of drug-likeness (QED) is 0.635. The first kappa shape index (κ1) is 19.0. The number of thiazole rings is 1. The third kappa shape index (κ3) is 5.62. The fraction of sp³-hybridized carbons (Fsp3) is 0.286. The Morgan fingerprint density at radius 3 is 2.70 bits per heavy atom. The van der Waals surface area contributed by atoms with Crippen LogP contribution in [0.2, 0.25) is 0 Å². The number of ether oxygens (including phenoxy) is 1. The number of benzene rings is 1. The van der Waals surface area contributed by atoms with Gasteiger partial charge in [-0.2, -0.15) is 0 Å². The number of pyridine rings is 1. The van der Waals surface area contributed by atoms with Gasteiger partial charge in [0, 0.05) is 35.8 Å². The minimum absolute atomic E-state index is 0.162. The van der Waals surface area contributed by atoms with Gasteiger partial charge in [0.2, 0.25) is 0 Å². The molecule has 0 aliphatic carbocycles. The summed E-state index contributed by atoms with van der Waals surface area (Å²) in [5, 5.41) is 5.50. The Hall–Kier alpha value is -2.73. The summed E-state index contributed by atoms with van der Waals surface area (Å²) >= 11 is 1.46. The number of hydrogen-bond acceptors (Lipinski definition) is 5. The van der Waals surface area contributed by atoms with Crippen LogP contribution in [-0.2, 0) is 6.42 Å². The zero-order valence-electron chi connectivity index (χ0n) is 15.5. The van der Waals surface area contributed by atoms with Gasteiger partial charge in [-0.3, -0.25) is 9.78 Å². The van der Waals surface area contributed by atoms with Gasteiger partial charge in [0.25, 0.3) is 5.91 Å². The van der Waals surface area contributed by atoms with E-state index in [2.05, 4.69) is 29.1 Å². The molecule has 27 heavy (non-hydrogen) atoms. The highest BCUT2D eigenvalue weighted by atomic mass is 32.1. The van der Waals surface area contributed by atoms with E-state index < -0.39 is 0 Å². The molecule has 3 aromatic rings. The summed E-state index contributed by atoms with van der Waals surface area (Å²) in [6.07, 6.45) is 2.45. The molecule has 0 fully saturated rings. The van der Waals surface area contributed by atoms with Crippen LogP contribution in [0.1, 0.15) is 30.0 Å². The van der Waals surface area contributed by atoms with Crippen molar-refractivity contribution < 1.29 is 9.53 Å². The Labute approximate surface area is 163 Å². The first-order valence-electron chi connectivity index (χ1n) is 8.98. The molecule has 0 saturated carbocycles. The van der Waals surface area contributed by atoms with Crippen LogP contribution in [0.5, 0.6) is 5.75 Å². The van der Waals surface area contributed by atoms with Crippen LogP contribution in [0.15, 0.2) is 54.0 Å². The van der Waals surface area contributed by atoms with E-state index >= 15 is 0 Å². The van der Waals surface area contributed by atoms with Crippen molar-refractivity contribution in [1.82, 2.24) is 15.3 Å². The molecule has 1 N–H and O–H groups in total. The lowest BCUT2D eigenvalue weighted by Gasteiger charge is -2.08. The summed E-state index contributed by atoms with van der Waals surface area (Å²) in [5.74, 6) is 1.17. The van der Waals surface area contributed by atoms with E-state index in [0.717, 1.165) is 22.0 Å². The third-order valence-electron chi connectivity index (χ3n) is 3.81. The van der Waals surface area contributed by atoms with Crippen LogP contribution in [0.3, 0.4) is 0 Å². The molecular weight excluding hydrogens is 358 g/mol. The molecule has 0 spiro atoms. The maximum absolute atomic E-state index is 12.3. The van der Waals surface area contributed by atoms with Crippen molar-refractivity contribution in [2.75, 3.05) is 13.2 Å². The van der Waals surface area contributed by atoms with Gasteiger partial charge in [-0.15, -0.1) is 11.3 Å². The summed E-state index contributed by atoms with van der Waals surface area (Å²) in [7, 11) is 0. The predicted molar refractivity (Wildman–Crippen MR) is 108 cm³/mol. The monoisotopic (exact) mass is 381 g/mol. The van der Waals surface area contributed by atoms with Crippen molar-refractivity contribution in [3.05, 3.63) is 65.4 Å². The first-order chi connectivity index (χ1) is 13.1. The number of nitrogens with one attached hydrogen (secondary N) is 1. The smallest absolute Gasteiger partial charge is 0.270 e. The van der Waals surface area contributed by atoms with E-state index in [9.17, 15) is 4.79 Å². The molecule has 6 heteroatoms. The lowest BCUT2D eigenvalue weighted by Crippen LogP contribution is -2.26. The number of hydrogen-bond donors (Lipinski definition) is 1. The van der Waals surface area contributed by atoms with Gasteiger partial charge in [0.15, 0.2) is 0 Å². The van der Waals surface area contributed by atoms with Crippen LogP contribution in [0, 0.1) is 5.92 Å². The van der Waals surface area contributed by atoms with E-state index in [0.29, 0.717) is 31.2 Å². The second-order valence-electron chi connectivity index (χ2n) is 6.59. The van der Waals surface area contributed by atoms with Gasteiger partial charge < -0.3 is 10.1 Å². The van der Waals surface area contributed by atoms with E-state index in [-0.39, 0.29) is 5.91 Å². The molecule has 0 unspecified atom stereocenters. The summed E-state index contributed by atoms with van der Waals surface area (Å²) in [5.41, 5.74) is 2.37. The van der Waals surface area contributed by atoms with Gasteiger partial charge in [-0.05, 0) is 42.3 Å². The predicted octanol–water partition coefficient (Wildman–Crippen LogP) is 4.21. The Bertz CT molecular complexity index is 861. The molecule has 1 amide bonds. The molecule has 0 bridgehead atoms. The van der Waals surface area contributed by atoms with Crippen LogP contribution in [0.4, 0.5) is 0 Å². The fourth-order valence-electron chi connectivity index (χ4n) is 2.41. The number of rotatable bonds is 8. The molecule has 2 aromatic heterocycles. The largest absolute Gasteiger partial charge is 0.493 e. The lowest BCUT2D eigenvalue weighted by atomic mass is 10.2. The van der Waals surface area contributed by atoms with E-state index in [1.165, 1.54) is 11.3 Å². The molecule has 0 aliphatic rings. The maximum atomic E-state index is 12.3. The molecule has 0 atom stereocenters. The van der Waals surface area contributed by atoms with E-state index in [1.54, 1.807) is 11.6 Å². The van der Waals surface area contributed by atoms with Gasteiger partial charge in [-0.1, -0.05) is 19.9 Å². The second kappa shape index (κ2) is 9.28. The van der Waals surface area contributed by atoms with Crippen LogP contribution < -0.4 is 10.1 Å². The highest BCUT2D eigenvalue weighted by Crippen LogP contribution is 2.26. The zero-order valence-corrected chi connectivity index (χ0v) is 16.3. The van der Waals surface area contributed by atoms with Crippen molar-refractivity contribution in [2.45, 2.75) is 20.3 Å². The molecular formula is C21H23N3O2S.